The van der Waals surface area contributed by atoms with E-state index in [2.05, 4.69) is 47.0 Å². The number of nitrogens with one attached hydrogen (secondary N) is 1. The van der Waals surface area contributed by atoms with E-state index in [0.717, 1.165) is 12.8 Å². The minimum atomic E-state index is -3.89. The number of methoxy groups -OCH3 is 1. The Morgan fingerprint density at radius 3 is 2.44 bits per heavy atom. The van der Waals surface area contributed by atoms with Gasteiger partial charge in [-0.2, -0.15) is 0 Å². The number of fused-ring (bicyclic) bond motifs is 1. The Morgan fingerprint density at radius 2 is 1.80 bits per heavy atom. The maximum Gasteiger partial charge on any atom is 0.330 e. The van der Waals surface area contributed by atoms with Crippen LogP contribution in [-0.2, 0) is 14.8 Å². The minimum Gasteiger partial charge on any atom is -0.495 e. The summed E-state index contributed by atoms with van der Waals surface area (Å²) >= 11 is 0. The van der Waals surface area contributed by atoms with Crippen LogP contribution >= 0.6 is 0 Å². The molecule has 0 amide bonds. The van der Waals surface area contributed by atoms with E-state index in [-0.39, 0.29) is 56.6 Å². The normalized spacial score (nSPS) is 20.9. The summed E-state index contributed by atoms with van der Waals surface area (Å²) in [7, 11) is -2.46. The molecule has 1 aliphatic rings. The van der Waals surface area contributed by atoms with Crippen LogP contribution in [0.1, 0.15) is 44.0 Å². The van der Waals surface area contributed by atoms with E-state index in [1.165, 1.54) is 23.8 Å². The van der Waals surface area contributed by atoms with Gasteiger partial charge in [-0.15, -0.1) is 5.10 Å². The van der Waals surface area contributed by atoms with Crippen LogP contribution in [0.25, 0.3) is 28.5 Å². The molecule has 212 valence electrons. The topological polar surface area (TPSA) is 116 Å². The molecule has 4 aromatic rings. The lowest BCUT2D eigenvalue weighted by molar-refractivity contribution is -0.0252. The van der Waals surface area contributed by atoms with Crippen molar-refractivity contribution in [3.63, 3.8) is 0 Å². The SMILES string of the molecule is [C-]#[N+]c1c(C(=O)OC2C(C)CC(C)CC2C)c(=C)n2nc(-c3ccc(OC)c(NS(=O)(=O)c4ccccc4)c3)nc12. The molecule has 41 heavy (non-hydrogen) atoms. The number of carbonyl (C=O) groups is 1. The van der Waals surface area contributed by atoms with Crippen LogP contribution in [0.2, 0.25) is 0 Å². The van der Waals surface area contributed by atoms with Gasteiger partial charge in [-0.25, -0.2) is 27.6 Å². The van der Waals surface area contributed by atoms with Crippen LogP contribution in [0.3, 0.4) is 0 Å². The lowest BCUT2D eigenvalue weighted by Crippen LogP contribution is -2.38. The van der Waals surface area contributed by atoms with Gasteiger partial charge in [0.15, 0.2) is 11.5 Å². The second-order valence-electron chi connectivity index (χ2n) is 10.7. The highest BCUT2D eigenvalue weighted by Crippen LogP contribution is 2.37. The van der Waals surface area contributed by atoms with E-state index >= 15 is 0 Å². The number of ether oxygens (including phenoxy) is 2. The molecule has 0 aliphatic heterocycles. The van der Waals surface area contributed by atoms with Crippen LogP contribution in [0.5, 0.6) is 5.75 Å². The van der Waals surface area contributed by atoms with Crippen molar-refractivity contribution in [3.8, 4) is 17.1 Å². The third kappa shape index (κ3) is 5.23. The van der Waals surface area contributed by atoms with Crippen LogP contribution in [0.4, 0.5) is 11.4 Å². The van der Waals surface area contributed by atoms with Crippen molar-refractivity contribution in [1.82, 2.24) is 14.6 Å². The number of hydrogen-bond acceptors (Lipinski definition) is 7. The van der Waals surface area contributed by atoms with Crippen LogP contribution in [0.15, 0.2) is 53.4 Å². The molecule has 2 aromatic carbocycles. The number of nitrogens with zero attached hydrogens (tertiary/aromatic N) is 4. The van der Waals surface area contributed by atoms with Crippen LogP contribution in [-0.4, -0.2) is 42.2 Å². The van der Waals surface area contributed by atoms with Gasteiger partial charge in [-0.1, -0.05) is 45.5 Å². The fourth-order valence-electron chi connectivity index (χ4n) is 5.79. The molecule has 5 rings (SSSR count). The Morgan fingerprint density at radius 1 is 1.12 bits per heavy atom. The summed E-state index contributed by atoms with van der Waals surface area (Å²) in [6.07, 6.45) is 1.69. The maximum atomic E-state index is 13.3. The highest BCUT2D eigenvalue weighted by atomic mass is 32.2. The fourth-order valence-corrected chi connectivity index (χ4v) is 6.87. The summed E-state index contributed by atoms with van der Waals surface area (Å²) < 4.78 is 41.1. The molecule has 0 radical (unpaired) electrons. The summed E-state index contributed by atoms with van der Waals surface area (Å²) in [5.41, 5.74) is 0.913. The predicted molar refractivity (Wildman–Crippen MR) is 155 cm³/mol. The summed E-state index contributed by atoms with van der Waals surface area (Å²) in [5.74, 6) is 0.895. The number of aromatic nitrogens is 3. The van der Waals surface area contributed by atoms with Crippen molar-refractivity contribution in [2.24, 2.45) is 17.8 Å². The molecular formula is C30H31N5O5S. The molecule has 0 saturated heterocycles. The Hall–Kier alpha value is -4.43. The highest BCUT2D eigenvalue weighted by molar-refractivity contribution is 7.92. The average Bonchev–Trinajstić information content (AvgIpc) is 3.49. The molecule has 0 spiro atoms. The second-order valence-corrected chi connectivity index (χ2v) is 12.4. The molecule has 2 heterocycles. The zero-order valence-electron chi connectivity index (χ0n) is 23.3. The molecule has 11 heteroatoms. The molecule has 2 aromatic heterocycles. The van der Waals surface area contributed by atoms with Gasteiger partial charge in [-0.05, 0) is 60.9 Å². The zero-order chi connectivity index (χ0) is 29.5. The smallest absolute Gasteiger partial charge is 0.330 e. The van der Waals surface area contributed by atoms with Crippen LogP contribution < -0.4 is 14.8 Å². The van der Waals surface area contributed by atoms with Crippen molar-refractivity contribution in [3.05, 3.63) is 70.9 Å². The van der Waals surface area contributed by atoms with Crippen LogP contribution in [0, 0.1) is 24.3 Å². The van der Waals surface area contributed by atoms with Crippen molar-refractivity contribution in [1.29, 1.82) is 0 Å². The summed E-state index contributed by atoms with van der Waals surface area (Å²) in [6.45, 7) is 18.2. The van der Waals surface area contributed by atoms with Gasteiger partial charge in [0.1, 0.15) is 11.9 Å². The average molecular weight is 574 g/mol. The Kier molecular flexibility index (Phi) is 7.44. The predicted octanol–water partition coefficient (Wildman–Crippen LogP) is 5.11. The maximum absolute atomic E-state index is 13.3. The van der Waals surface area contributed by atoms with Gasteiger partial charge in [0.05, 0.1) is 35.2 Å². The van der Waals surface area contributed by atoms with E-state index in [4.69, 9.17) is 16.0 Å². The number of hydrogen-bond donors (Lipinski definition) is 1. The quantitative estimate of drug-likeness (QED) is 0.241. The van der Waals surface area contributed by atoms with Crippen molar-refractivity contribution in [2.45, 2.75) is 44.6 Å². The summed E-state index contributed by atoms with van der Waals surface area (Å²) in [6, 6.07) is 12.8. The van der Waals surface area contributed by atoms with Gasteiger partial charge < -0.3 is 9.47 Å². The van der Waals surface area contributed by atoms with E-state index in [9.17, 15) is 13.2 Å². The first-order chi connectivity index (χ1) is 19.5. The molecule has 1 N–H and O–H groups in total. The number of benzene rings is 2. The van der Waals surface area contributed by atoms with Crippen molar-refractivity contribution >= 4 is 39.6 Å². The molecule has 10 nitrogen and oxygen atoms in total. The van der Waals surface area contributed by atoms with Crippen molar-refractivity contribution in [2.75, 3.05) is 11.8 Å². The number of carbonyl (C=O) groups excluding carboxylic acids is 1. The van der Waals surface area contributed by atoms with Gasteiger partial charge in [0, 0.05) is 5.56 Å². The lowest BCUT2D eigenvalue weighted by atomic mass is 9.75. The Labute approximate surface area is 238 Å². The van der Waals surface area contributed by atoms with Crippen molar-refractivity contribution < 1.29 is 22.7 Å². The van der Waals surface area contributed by atoms with E-state index in [1.54, 1.807) is 36.4 Å². The molecule has 1 aliphatic carbocycles. The summed E-state index contributed by atoms with van der Waals surface area (Å²) in [4.78, 5) is 21.5. The molecular weight excluding hydrogens is 542 g/mol. The number of rotatable bonds is 7. The van der Waals surface area contributed by atoms with E-state index in [0.29, 0.717) is 17.2 Å². The highest BCUT2D eigenvalue weighted by Gasteiger charge is 2.36. The van der Waals surface area contributed by atoms with E-state index < -0.39 is 16.0 Å². The first-order valence-corrected chi connectivity index (χ1v) is 14.8. The van der Waals surface area contributed by atoms with E-state index in [1.807, 2.05) is 0 Å². The molecule has 2 atom stereocenters. The summed E-state index contributed by atoms with van der Waals surface area (Å²) in [5, 5.41) is 4.71. The number of esters is 1. The number of sulfonamides is 1. The van der Waals surface area contributed by atoms with Gasteiger partial charge >= 0.3 is 5.97 Å². The zero-order valence-corrected chi connectivity index (χ0v) is 24.1. The Balaban J connectivity index is 1.48. The van der Waals surface area contributed by atoms with Gasteiger partial charge in [0.2, 0.25) is 5.69 Å². The number of anilines is 1. The molecule has 1 fully saturated rings. The fraction of sp³-hybridized carbons (Fsp3) is 0.333. The third-order valence-electron chi connectivity index (χ3n) is 7.58. The van der Waals surface area contributed by atoms with Gasteiger partial charge in [-0.3, -0.25) is 4.72 Å². The largest absolute Gasteiger partial charge is 0.495 e. The first-order valence-electron chi connectivity index (χ1n) is 13.3. The Bertz CT molecular complexity index is 1800. The monoisotopic (exact) mass is 573 g/mol. The third-order valence-corrected chi connectivity index (χ3v) is 8.97. The molecule has 1 saturated carbocycles. The second kappa shape index (κ2) is 10.9. The van der Waals surface area contributed by atoms with Gasteiger partial charge in [0.25, 0.3) is 10.0 Å². The minimum absolute atomic E-state index is 0.0155. The molecule has 2 unspecified atom stereocenters. The lowest BCUT2D eigenvalue weighted by Gasteiger charge is -2.37. The standard InChI is InChI=1S/C30H31N5O5S/c1-17-14-18(2)27(19(3)15-17)40-30(36)25-20(4)35-29(26(25)31-5)32-28(33-35)21-12-13-24(39-6)23(16-21)34-41(37,38)22-10-8-7-9-11-22/h7-13,16-19,27,34H,4,14-15H2,1-3,6H3. The molecule has 0 bridgehead atoms. The first kappa shape index (κ1) is 28.1.